The minimum absolute atomic E-state index is 0.0165. The van der Waals surface area contributed by atoms with E-state index in [-0.39, 0.29) is 17.7 Å². The Morgan fingerprint density at radius 1 is 1.21 bits per heavy atom. The average molecular weight is 283 g/mol. The van der Waals surface area contributed by atoms with Gasteiger partial charge in [0.1, 0.15) is 6.04 Å². The van der Waals surface area contributed by atoms with E-state index in [9.17, 15) is 9.59 Å². The number of carbonyl (C=O) groups is 2. The first-order valence-electron chi connectivity index (χ1n) is 6.29. The quantitative estimate of drug-likeness (QED) is 0.870. The van der Waals surface area contributed by atoms with E-state index in [1.54, 1.807) is 24.3 Å². The fraction of sp³-hybridized carbons (Fsp3) is 0.429. The number of carbonyl (C=O) groups excluding carboxylic acids is 2. The molecule has 1 atom stereocenters. The summed E-state index contributed by atoms with van der Waals surface area (Å²) in [5, 5.41) is 6.03. The Kier molecular flexibility index (Phi) is 5.83. The van der Waals surface area contributed by atoms with Crippen molar-refractivity contribution in [1.82, 2.24) is 10.6 Å². The van der Waals surface area contributed by atoms with Gasteiger partial charge in [-0.25, -0.2) is 0 Å². The van der Waals surface area contributed by atoms with Crippen molar-refractivity contribution < 1.29 is 9.59 Å². The van der Waals surface area contributed by atoms with Crippen LogP contribution >= 0.6 is 11.6 Å². The molecule has 19 heavy (non-hydrogen) atoms. The molecular weight excluding hydrogens is 264 g/mol. The van der Waals surface area contributed by atoms with Gasteiger partial charge in [0, 0.05) is 17.1 Å². The molecule has 1 aromatic rings. The van der Waals surface area contributed by atoms with Gasteiger partial charge in [0.15, 0.2) is 0 Å². The first kappa shape index (κ1) is 15.5. The molecule has 4 nitrogen and oxygen atoms in total. The van der Waals surface area contributed by atoms with Crippen LogP contribution in [0.4, 0.5) is 0 Å². The maximum Gasteiger partial charge on any atom is 0.251 e. The molecular formula is C14H19ClN2O2. The highest BCUT2D eigenvalue weighted by molar-refractivity contribution is 6.30. The summed E-state index contributed by atoms with van der Waals surface area (Å²) in [5.74, 6) is -0.427. The Bertz CT molecular complexity index is 443. The van der Waals surface area contributed by atoms with Crippen molar-refractivity contribution in [2.75, 3.05) is 6.54 Å². The summed E-state index contributed by atoms with van der Waals surface area (Å²) in [6.45, 7) is 6.17. The van der Waals surface area contributed by atoms with Gasteiger partial charge < -0.3 is 10.6 Å². The number of amides is 2. The topological polar surface area (TPSA) is 58.2 Å². The van der Waals surface area contributed by atoms with Crippen LogP contribution in [-0.2, 0) is 4.79 Å². The minimum Gasteiger partial charge on any atom is -0.355 e. The second-order valence-corrected chi connectivity index (χ2v) is 5.03. The van der Waals surface area contributed by atoms with Crippen molar-refractivity contribution in [3.05, 3.63) is 34.9 Å². The number of rotatable bonds is 5. The van der Waals surface area contributed by atoms with Gasteiger partial charge in [0.05, 0.1) is 0 Å². The standard InChI is InChI=1S/C14H19ClN2O2/c1-4-16-14(19)12(9(2)3)17-13(18)10-5-7-11(15)8-6-10/h5-9,12H,4H2,1-3H3,(H,16,19)(H,17,18). The van der Waals surface area contributed by atoms with Crippen LogP contribution in [0, 0.1) is 5.92 Å². The first-order chi connectivity index (χ1) is 8.95. The Morgan fingerprint density at radius 2 is 1.79 bits per heavy atom. The number of likely N-dealkylation sites (N-methyl/N-ethyl adjacent to an activating group) is 1. The summed E-state index contributed by atoms with van der Waals surface area (Å²) >= 11 is 5.77. The van der Waals surface area contributed by atoms with E-state index in [0.717, 1.165) is 0 Å². The molecule has 104 valence electrons. The molecule has 0 aliphatic carbocycles. The zero-order valence-electron chi connectivity index (χ0n) is 11.4. The molecule has 0 radical (unpaired) electrons. The Balaban J connectivity index is 2.76. The fourth-order valence-electron chi connectivity index (χ4n) is 1.64. The molecule has 0 aliphatic heterocycles. The molecule has 0 fully saturated rings. The molecule has 1 aromatic carbocycles. The summed E-state index contributed by atoms with van der Waals surface area (Å²) < 4.78 is 0. The van der Waals surface area contributed by atoms with Gasteiger partial charge in [-0.2, -0.15) is 0 Å². The summed E-state index contributed by atoms with van der Waals surface area (Å²) in [7, 11) is 0. The number of hydrogen-bond acceptors (Lipinski definition) is 2. The molecule has 5 heteroatoms. The van der Waals surface area contributed by atoms with Crippen LogP contribution in [0.1, 0.15) is 31.1 Å². The van der Waals surface area contributed by atoms with Gasteiger partial charge in [-0.1, -0.05) is 25.4 Å². The molecule has 0 aliphatic rings. The van der Waals surface area contributed by atoms with Crippen LogP contribution in [-0.4, -0.2) is 24.4 Å². The number of benzene rings is 1. The lowest BCUT2D eigenvalue weighted by Gasteiger charge is -2.21. The average Bonchev–Trinajstić information content (AvgIpc) is 2.36. The zero-order chi connectivity index (χ0) is 14.4. The maximum absolute atomic E-state index is 12.0. The van der Waals surface area contributed by atoms with Crippen molar-refractivity contribution in [3.63, 3.8) is 0 Å². The highest BCUT2D eigenvalue weighted by Gasteiger charge is 2.23. The Morgan fingerprint density at radius 3 is 2.26 bits per heavy atom. The molecule has 1 rings (SSSR count). The Labute approximate surface area is 118 Å². The second-order valence-electron chi connectivity index (χ2n) is 4.60. The fourth-order valence-corrected chi connectivity index (χ4v) is 1.77. The van der Waals surface area contributed by atoms with Crippen molar-refractivity contribution in [2.24, 2.45) is 5.92 Å². The largest absolute Gasteiger partial charge is 0.355 e. The molecule has 0 saturated heterocycles. The monoisotopic (exact) mass is 282 g/mol. The smallest absolute Gasteiger partial charge is 0.251 e. The van der Waals surface area contributed by atoms with E-state index < -0.39 is 6.04 Å². The molecule has 0 bridgehead atoms. The van der Waals surface area contributed by atoms with Crippen molar-refractivity contribution in [1.29, 1.82) is 0 Å². The van der Waals surface area contributed by atoms with Gasteiger partial charge >= 0.3 is 0 Å². The highest BCUT2D eigenvalue weighted by atomic mass is 35.5. The van der Waals surface area contributed by atoms with E-state index in [4.69, 9.17) is 11.6 Å². The van der Waals surface area contributed by atoms with Crippen LogP contribution < -0.4 is 10.6 Å². The summed E-state index contributed by atoms with van der Waals surface area (Å²) in [6.07, 6.45) is 0. The SMILES string of the molecule is CCNC(=O)C(NC(=O)c1ccc(Cl)cc1)C(C)C. The lowest BCUT2D eigenvalue weighted by atomic mass is 10.0. The van der Waals surface area contributed by atoms with E-state index in [2.05, 4.69) is 10.6 Å². The number of halogens is 1. The van der Waals surface area contributed by atoms with E-state index in [1.165, 1.54) is 0 Å². The van der Waals surface area contributed by atoms with Gasteiger partial charge in [-0.3, -0.25) is 9.59 Å². The minimum atomic E-state index is -0.539. The maximum atomic E-state index is 12.0. The number of hydrogen-bond donors (Lipinski definition) is 2. The molecule has 0 aromatic heterocycles. The summed E-state index contributed by atoms with van der Waals surface area (Å²) in [6, 6.07) is 6.02. The lowest BCUT2D eigenvalue weighted by molar-refractivity contribution is -0.123. The van der Waals surface area contributed by atoms with Gasteiger partial charge in [0.2, 0.25) is 5.91 Å². The van der Waals surface area contributed by atoms with Crippen molar-refractivity contribution in [3.8, 4) is 0 Å². The third kappa shape index (κ3) is 4.56. The summed E-state index contributed by atoms with van der Waals surface area (Å²) in [4.78, 5) is 23.9. The van der Waals surface area contributed by atoms with Crippen LogP contribution in [0.5, 0.6) is 0 Å². The van der Waals surface area contributed by atoms with Gasteiger partial charge in [-0.05, 0) is 37.1 Å². The zero-order valence-corrected chi connectivity index (χ0v) is 12.1. The van der Waals surface area contributed by atoms with Crippen LogP contribution in [0.15, 0.2) is 24.3 Å². The van der Waals surface area contributed by atoms with Gasteiger partial charge in [-0.15, -0.1) is 0 Å². The molecule has 0 heterocycles. The predicted molar refractivity (Wildman–Crippen MR) is 76.2 cm³/mol. The Hall–Kier alpha value is -1.55. The van der Waals surface area contributed by atoms with E-state index in [1.807, 2.05) is 20.8 Å². The van der Waals surface area contributed by atoms with Gasteiger partial charge in [0.25, 0.3) is 5.91 Å². The molecule has 0 spiro atoms. The van der Waals surface area contributed by atoms with Crippen LogP contribution in [0.25, 0.3) is 0 Å². The normalized spacial score (nSPS) is 12.1. The van der Waals surface area contributed by atoms with E-state index >= 15 is 0 Å². The molecule has 1 unspecified atom stereocenters. The third-order valence-electron chi connectivity index (χ3n) is 2.69. The predicted octanol–water partition coefficient (Wildman–Crippen LogP) is 2.23. The molecule has 2 amide bonds. The third-order valence-corrected chi connectivity index (χ3v) is 2.95. The van der Waals surface area contributed by atoms with Crippen LogP contribution in [0.2, 0.25) is 5.02 Å². The molecule has 0 saturated carbocycles. The van der Waals surface area contributed by atoms with Crippen LogP contribution in [0.3, 0.4) is 0 Å². The van der Waals surface area contributed by atoms with E-state index in [0.29, 0.717) is 17.1 Å². The van der Waals surface area contributed by atoms with Crippen molar-refractivity contribution in [2.45, 2.75) is 26.8 Å². The summed E-state index contributed by atoms with van der Waals surface area (Å²) in [5.41, 5.74) is 0.486. The molecule has 2 N–H and O–H groups in total. The second kappa shape index (κ2) is 7.14. The number of nitrogens with one attached hydrogen (secondary N) is 2. The highest BCUT2D eigenvalue weighted by Crippen LogP contribution is 2.10. The first-order valence-corrected chi connectivity index (χ1v) is 6.67. The lowest BCUT2D eigenvalue weighted by Crippen LogP contribution is -2.49. The van der Waals surface area contributed by atoms with Crippen molar-refractivity contribution >= 4 is 23.4 Å².